The van der Waals surface area contributed by atoms with Crippen LogP contribution in [0.3, 0.4) is 0 Å². The Labute approximate surface area is 142 Å². The summed E-state index contributed by atoms with van der Waals surface area (Å²) in [5, 5.41) is 13.8. The number of benzene rings is 2. The monoisotopic (exact) mass is 331 g/mol. The molecule has 0 aliphatic carbocycles. The van der Waals surface area contributed by atoms with E-state index in [0.717, 1.165) is 12.0 Å². The number of aryl methyl sites for hydroxylation is 1. The molecule has 23 heavy (non-hydrogen) atoms. The zero-order valence-corrected chi connectivity index (χ0v) is 14.0. The minimum Gasteiger partial charge on any atom is -0.388 e. The van der Waals surface area contributed by atoms with Gasteiger partial charge in [-0.1, -0.05) is 54.1 Å². The van der Waals surface area contributed by atoms with Gasteiger partial charge in [0.1, 0.15) is 0 Å². The summed E-state index contributed by atoms with van der Waals surface area (Å²) in [5.41, 5.74) is 1.15. The van der Waals surface area contributed by atoms with E-state index in [1.54, 1.807) is 19.1 Å². The molecule has 3 nitrogen and oxygen atoms in total. The van der Waals surface area contributed by atoms with Crippen LogP contribution in [0.15, 0.2) is 54.6 Å². The summed E-state index contributed by atoms with van der Waals surface area (Å²) in [6.45, 7) is 1.99. The highest BCUT2D eigenvalue weighted by Gasteiger charge is 2.21. The molecule has 0 saturated carbocycles. The Hall–Kier alpha value is -1.84. The van der Waals surface area contributed by atoms with Crippen LogP contribution in [-0.2, 0) is 17.6 Å². The van der Waals surface area contributed by atoms with E-state index < -0.39 is 5.60 Å². The quantitative estimate of drug-likeness (QED) is 0.817. The fraction of sp³-hybridized carbons (Fsp3) is 0.316. The van der Waals surface area contributed by atoms with Gasteiger partial charge in [0.15, 0.2) is 0 Å². The van der Waals surface area contributed by atoms with Crippen LogP contribution in [0.4, 0.5) is 0 Å². The van der Waals surface area contributed by atoms with Gasteiger partial charge in [0.2, 0.25) is 5.91 Å². The Morgan fingerprint density at radius 3 is 2.39 bits per heavy atom. The predicted octanol–water partition coefficient (Wildman–Crippen LogP) is 3.38. The average Bonchev–Trinajstić information content (AvgIpc) is 2.55. The minimum absolute atomic E-state index is 0.104. The van der Waals surface area contributed by atoms with Crippen LogP contribution in [0.5, 0.6) is 0 Å². The van der Waals surface area contributed by atoms with Crippen molar-refractivity contribution >= 4 is 17.5 Å². The molecule has 0 aliphatic rings. The summed E-state index contributed by atoms with van der Waals surface area (Å²) in [6, 6.07) is 17.2. The van der Waals surface area contributed by atoms with Crippen LogP contribution in [-0.4, -0.2) is 23.2 Å². The van der Waals surface area contributed by atoms with Crippen LogP contribution in [0.1, 0.15) is 24.5 Å². The van der Waals surface area contributed by atoms with E-state index in [-0.39, 0.29) is 18.9 Å². The standard InChI is InChI=1S/C19H22ClNO2/c1-19(23,12-11-15-5-3-2-4-6-15)14-21-18(22)13-16-7-9-17(20)10-8-16/h2-10,23H,11-14H2,1H3,(H,21,22)/t19-/m1/s1. The molecule has 1 amide bonds. The van der Waals surface area contributed by atoms with E-state index in [9.17, 15) is 9.90 Å². The molecule has 0 heterocycles. The number of rotatable bonds is 7. The Bertz CT molecular complexity index is 624. The summed E-state index contributed by atoms with van der Waals surface area (Å²) >= 11 is 5.82. The largest absolute Gasteiger partial charge is 0.388 e. The molecule has 4 heteroatoms. The van der Waals surface area contributed by atoms with Crippen LogP contribution >= 0.6 is 11.6 Å². The van der Waals surface area contributed by atoms with Gasteiger partial charge in [0.05, 0.1) is 12.0 Å². The van der Waals surface area contributed by atoms with Gasteiger partial charge < -0.3 is 10.4 Å². The zero-order valence-electron chi connectivity index (χ0n) is 13.3. The molecule has 0 fully saturated rings. The van der Waals surface area contributed by atoms with Gasteiger partial charge in [-0.25, -0.2) is 0 Å². The van der Waals surface area contributed by atoms with Crippen molar-refractivity contribution in [1.82, 2.24) is 5.32 Å². The maximum absolute atomic E-state index is 12.0. The molecule has 0 unspecified atom stereocenters. The Kier molecular flexibility index (Phi) is 6.20. The summed E-state index contributed by atoms with van der Waals surface area (Å²) in [4.78, 5) is 12.0. The smallest absolute Gasteiger partial charge is 0.224 e. The van der Waals surface area contributed by atoms with Crippen molar-refractivity contribution in [1.29, 1.82) is 0 Å². The van der Waals surface area contributed by atoms with Crippen molar-refractivity contribution in [3.8, 4) is 0 Å². The number of amides is 1. The van der Waals surface area contributed by atoms with Crippen molar-refractivity contribution in [2.75, 3.05) is 6.54 Å². The molecule has 0 bridgehead atoms. The van der Waals surface area contributed by atoms with Gasteiger partial charge in [0, 0.05) is 11.6 Å². The second-order valence-corrected chi connectivity index (χ2v) is 6.50. The highest BCUT2D eigenvalue weighted by atomic mass is 35.5. The lowest BCUT2D eigenvalue weighted by molar-refractivity contribution is -0.121. The molecular weight excluding hydrogens is 310 g/mol. The van der Waals surface area contributed by atoms with E-state index >= 15 is 0 Å². The van der Waals surface area contributed by atoms with Crippen molar-refractivity contribution in [3.05, 3.63) is 70.7 Å². The van der Waals surface area contributed by atoms with Crippen LogP contribution in [0, 0.1) is 0 Å². The number of hydrogen-bond donors (Lipinski definition) is 2. The van der Waals surface area contributed by atoms with E-state index in [0.29, 0.717) is 11.4 Å². The number of nitrogens with one attached hydrogen (secondary N) is 1. The van der Waals surface area contributed by atoms with Crippen molar-refractivity contribution in [2.45, 2.75) is 31.8 Å². The number of hydrogen-bond acceptors (Lipinski definition) is 2. The second-order valence-electron chi connectivity index (χ2n) is 6.06. The van der Waals surface area contributed by atoms with Crippen molar-refractivity contribution in [3.63, 3.8) is 0 Å². The fourth-order valence-corrected chi connectivity index (χ4v) is 2.41. The molecule has 0 radical (unpaired) electrons. The van der Waals surface area contributed by atoms with Crippen molar-refractivity contribution in [2.24, 2.45) is 0 Å². The molecular formula is C19H22ClNO2. The summed E-state index contributed by atoms with van der Waals surface area (Å²) in [6.07, 6.45) is 1.66. The van der Waals surface area contributed by atoms with Crippen LogP contribution < -0.4 is 5.32 Å². The normalized spacial score (nSPS) is 13.3. The Morgan fingerprint density at radius 2 is 1.74 bits per heavy atom. The molecule has 0 saturated heterocycles. The summed E-state index contributed by atoms with van der Waals surface area (Å²) in [5.74, 6) is -0.104. The number of halogens is 1. The predicted molar refractivity (Wildman–Crippen MR) is 93.6 cm³/mol. The summed E-state index contributed by atoms with van der Waals surface area (Å²) < 4.78 is 0. The first kappa shape index (κ1) is 17.5. The number of carbonyl (C=O) groups excluding carboxylic acids is 1. The van der Waals surface area contributed by atoms with Gasteiger partial charge in [-0.05, 0) is 43.0 Å². The molecule has 122 valence electrons. The third-order valence-corrected chi connectivity index (χ3v) is 3.99. The van der Waals surface area contributed by atoms with E-state index in [1.165, 1.54) is 5.56 Å². The van der Waals surface area contributed by atoms with E-state index in [2.05, 4.69) is 5.32 Å². The maximum atomic E-state index is 12.0. The van der Waals surface area contributed by atoms with Gasteiger partial charge >= 0.3 is 0 Å². The van der Waals surface area contributed by atoms with Crippen molar-refractivity contribution < 1.29 is 9.90 Å². The highest BCUT2D eigenvalue weighted by molar-refractivity contribution is 6.30. The molecule has 2 N–H and O–H groups in total. The van der Waals surface area contributed by atoms with Gasteiger partial charge in [-0.15, -0.1) is 0 Å². The van der Waals surface area contributed by atoms with Gasteiger partial charge in [0.25, 0.3) is 0 Å². The van der Waals surface area contributed by atoms with Gasteiger partial charge in [-0.3, -0.25) is 4.79 Å². The SMILES string of the molecule is C[C@@](O)(CCc1ccccc1)CNC(=O)Cc1ccc(Cl)cc1. The zero-order chi connectivity index (χ0) is 16.7. The molecule has 0 aliphatic heterocycles. The molecule has 0 aromatic heterocycles. The molecule has 2 rings (SSSR count). The van der Waals surface area contributed by atoms with E-state index in [4.69, 9.17) is 11.6 Å². The third-order valence-electron chi connectivity index (χ3n) is 3.74. The topological polar surface area (TPSA) is 49.3 Å². The van der Waals surface area contributed by atoms with Crippen LogP contribution in [0.2, 0.25) is 5.02 Å². The molecule has 2 aromatic carbocycles. The van der Waals surface area contributed by atoms with E-state index in [1.807, 2.05) is 42.5 Å². The fourth-order valence-electron chi connectivity index (χ4n) is 2.29. The molecule has 0 spiro atoms. The van der Waals surface area contributed by atoms with Crippen LogP contribution in [0.25, 0.3) is 0 Å². The number of carbonyl (C=O) groups is 1. The lowest BCUT2D eigenvalue weighted by Crippen LogP contribution is -2.41. The lowest BCUT2D eigenvalue weighted by atomic mass is 9.96. The maximum Gasteiger partial charge on any atom is 0.224 e. The Balaban J connectivity index is 1.76. The average molecular weight is 332 g/mol. The molecule has 1 atom stereocenters. The van der Waals surface area contributed by atoms with Gasteiger partial charge in [-0.2, -0.15) is 0 Å². The first-order valence-electron chi connectivity index (χ1n) is 7.72. The second kappa shape index (κ2) is 8.14. The summed E-state index contributed by atoms with van der Waals surface area (Å²) in [7, 11) is 0. The minimum atomic E-state index is -0.925. The first-order valence-corrected chi connectivity index (χ1v) is 8.10. The Morgan fingerprint density at radius 1 is 1.09 bits per heavy atom. The highest BCUT2D eigenvalue weighted by Crippen LogP contribution is 2.14. The molecule has 2 aromatic rings. The first-order chi connectivity index (χ1) is 10.9. The lowest BCUT2D eigenvalue weighted by Gasteiger charge is -2.23. The third kappa shape index (κ3) is 6.43. The number of aliphatic hydroxyl groups is 1.